The van der Waals surface area contributed by atoms with Crippen molar-refractivity contribution < 1.29 is 4.79 Å². The standard InChI is InChI=1S/C16H25N3O/c1-11-5-3-4-6-13(11)10-19-15-8-7-12(9-14(15)17)16(20)18-2/h7-9,11,13,19H,3-6,10,17H2,1-2H3,(H,18,20). The summed E-state index contributed by atoms with van der Waals surface area (Å²) in [5.41, 5.74) is 8.18. The highest BCUT2D eigenvalue weighted by atomic mass is 16.1. The highest BCUT2D eigenvalue weighted by Gasteiger charge is 2.21. The maximum Gasteiger partial charge on any atom is 0.251 e. The van der Waals surface area contributed by atoms with E-state index in [2.05, 4.69) is 17.6 Å². The molecule has 0 bridgehead atoms. The van der Waals surface area contributed by atoms with Crippen molar-refractivity contribution in [2.45, 2.75) is 32.6 Å². The highest BCUT2D eigenvalue weighted by Crippen LogP contribution is 2.30. The van der Waals surface area contributed by atoms with E-state index >= 15 is 0 Å². The van der Waals surface area contributed by atoms with E-state index in [1.807, 2.05) is 12.1 Å². The Bertz CT molecular complexity index is 473. The van der Waals surface area contributed by atoms with Crippen LogP contribution in [0.25, 0.3) is 0 Å². The fourth-order valence-corrected chi connectivity index (χ4v) is 2.95. The Morgan fingerprint density at radius 1 is 1.35 bits per heavy atom. The second-order valence-electron chi connectivity index (χ2n) is 5.78. The summed E-state index contributed by atoms with van der Waals surface area (Å²) < 4.78 is 0. The van der Waals surface area contributed by atoms with Gasteiger partial charge in [-0.1, -0.05) is 26.2 Å². The lowest BCUT2D eigenvalue weighted by Gasteiger charge is -2.29. The summed E-state index contributed by atoms with van der Waals surface area (Å²) in [5.74, 6) is 1.40. The molecule has 20 heavy (non-hydrogen) atoms. The van der Waals surface area contributed by atoms with Crippen molar-refractivity contribution >= 4 is 17.3 Å². The first-order chi connectivity index (χ1) is 9.61. The molecule has 110 valence electrons. The van der Waals surface area contributed by atoms with Crippen LogP contribution in [0.3, 0.4) is 0 Å². The minimum Gasteiger partial charge on any atom is -0.397 e. The predicted molar refractivity (Wildman–Crippen MR) is 83.9 cm³/mol. The normalized spacial score (nSPS) is 22.3. The van der Waals surface area contributed by atoms with Crippen LogP contribution in [-0.2, 0) is 0 Å². The SMILES string of the molecule is CNC(=O)c1ccc(NCC2CCCCC2C)c(N)c1. The third kappa shape index (κ3) is 3.44. The number of nitrogens with two attached hydrogens (primary N) is 1. The van der Waals surface area contributed by atoms with Crippen LogP contribution in [0.4, 0.5) is 11.4 Å². The molecule has 1 fully saturated rings. The second-order valence-corrected chi connectivity index (χ2v) is 5.78. The maximum atomic E-state index is 11.5. The summed E-state index contributed by atoms with van der Waals surface area (Å²) in [6.45, 7) is 3.30. The van der Waals surface area contributed by atoms with E-state index in [1.165, 1.54) is 25.7 Å². The quantitative estimate of drug-likeness (QED) is 0.740. The molecule has 0 aliphatic heterocycles. The van der Waals surface area contributed by atoms with Gasteiger partial charge < -0.3 is 16.4 Å². The smallest absolute Gasteiger partial charge is 0.251 e. The summed E-state index contributed by atoms with van der Waals surface area (Å²) in [7, 11) is 1.62. The number of anilines is 2. The fraction of sp³-hybridized carbons (Fsp3) is 0.562. The van der Waals surface area contributed by atoms with Crippen LogP contribution in [0.2, 0.25) is 0 Å². The Morgan fingerprint density at radius 3 is 2.75 bits per heavy atom. The zero-order valence-electron chi connectivity index (χ0n) is 12.4. The van der Waals surface area contributed by atoms with E-state index in [4.69, 9.17) is 5.73 Å². The number of rotatable bonds is 4. The van der Waals surface area contributed by atoms with Crippen molar-refractivity contribution in [3.63, 3.8) is 0 Å². The maximum absolute atomic E-state index is 11.5. The van der Waals surface area contributed by atoms with Gasteiger partial charge in [0.25, 0.3) is 5.91 Å². The van der Waals surface area contributed by atoms with E-state index < -0.39 is 0 Å². The predicted octanol–water partition coefficient (Wildman–Crippen LogP) is 2.87. The number of benzene rings is 1. The number of carbonyl (C=O) groups is 1. The first-order valence-electron chi connectivity index (χ1n) is 7.47. The molecule has 0 radical (unpaired) electrons. The third-order valence-corrected chi connectivity index (χ3v) is 4.38. The molecule has 0 saturated heterocycles. The second kappa shape index (κ2) is 6.64. The number of amides is 1. The molecular weight excluding hydrogens is 250 g/mol. The molecule has 1 aromatic rings. The molecule has 1 aromatic carbocycles. The van der Waals surface area contributed by atoms with Gasteiger partial charge in [0.2, 0.25) is 0 Å². The van der Waals surface area contributed by atoms with Gasteiger partial charge in [-0.3, -0.25) is 4.79 Å². The Balaban J connectivity index is 1.97. The first kappa shape index (κ1) is 14.7. The Kier molecular flexibility index (Phi) is 4.88. The first-order valence-corrected chi connectivity index (χ1v) is 7.47. The Labute approximate surface area is 121 Å². The van der Waals surface area contributed by atoms with Crippen LogP contribution in [0.5, 0.6) is 0 Å². The van der Waals surface area contributed by atoms with Gasteiger partial charge in [-0.25, -0.2) is 0 Å². The van der Waals surface area contributed by atoms with Gasteiger partial charge in [0.15, 0.2) is 0 Å². The van der Waals surface area contributed by atoms with Crippen molar-refractivity contribution in [1.82, 2.24) is 5.32 Å². The van der Waals surface area contributed by atoms with Gasteiger partial charge in [0.1, 0.15) is 0 Å². The average molecular weight is 275 g/mol. The lowest BCUT2D eigenvalue weighted by molar-refractivity contribution is 0.0963. The van der Waals surface area contributed by atoms with Crippen molar-refractivity contribution in [3.8, 4) is 0 Å². The molecule has 1 amide bonds. The van der Waals surface area contributed by atoms with Crippen molar-refractivity contribution in [3.05, 3.63) is 23.8 Å². The van der Waals surface area contributed by atoms with Gasteiger partial charge in [-0.05, 0) is 36.5 Å². The van der Waals surface area contributed by atoms with E-state index in [0.29, 0.717) is 11.3 Å². The zero-order chi connectivity index (χ0) is 14.5. The van der Waals surface area contributed by atoms with Crippen LogP contribution < -0.4 is 16.4 Å². The largest absolute Gasteiger partial charge is 0.397 e. The van der Waals surface area contributed by atoms with Crippen molar-refractivity contribution in [2.75, 3.05) is 24.6 Å². The third-order valence-electron chi connectivity index (χ3n) is 4.38. The van der Waals surface area contributed by atoms with Gasteiger partial charge in [0.05, 0.1) is 11.4 Å². The van der Waals surface area contributed by atoms with Crippen LogP contribution in [0.1, 0.15) is 43.0 Å². The minimum absolute atomic E-state index is 0.107. The molecule has 4 heteroatoms. The summed E-state index contributed by atoms with van der Waals surface area (Å²) in [4.78, 5) is 11.5. The summed E-state index contributed by atoms with van der Waals surface area (Å²) in [6.07, 6.45) is 5.32. The molecule has 2 unspecified atom stereocenters. The molecule has 4 N–H and O–H groups in total. The summed E-state index contributed by atoms with van der Waals surface area (Å²) >= 11 is 0. The molecule has 2 rings (SSSR count). The average Bonchev–Trinajstić information content (AvgIpc) is 2.46. The molecule has 1 saturated carbocycles. The summed E-state index contributed by atoms with van der Waals surface area (Å²) in [5, 5.41) is 6.04. The van der Waals surface area contributed by atoms with Crippen molar-refractivity contribution in [1.29, 1.82) is 0 Å². The van der Waals surface area contributed by atoms with Gasteiger partial charge in [0, 0.05) is 19.2 Å². The molecule has 2 atom stereocenters. The van der Waals surface area contributed by atoms with Gasteiger partial charge >= 0.3 is 0 Å². The molecular formula is C16H25N3O. The molecule has 1 aliphatic carbocycles. The molecule has 0 heterocycles. The van der Waals surface area contributed by atoms with E-state index in [0.717, 1.165) is 24.1 Å². The zero-order valence-corrected chi connectivity index (χ0v) is 12.4. The van der Waals surface area contributed by atoms with E-state index in [-0.39, 0.29) is 5.91 Å². The molecule has 4 nitrogen and oxygen atoms in total. The van der Waals surface area contributed by atoms with Crippen LogP contribution in [0.15, 0.2) is 18.2 Å². The summed E-state index contributed by atoms with van der Waals surface area (Å²) in [6, 6.07) is 5.43. The number of carbonyl (C=O) groups excluding carboxylic acids is 1. The van der Waals surface area contributed by atoms with E-state index in [9.17, 15) is 4.79 Å². The minimum atomic E-state index is -0.107. The monoisotopic (exact) mass is 275 g/mol. The van der Waals surface area contributed by atoms with Crippen LogP contribution in [0, 0.1) is 11.8 Å². The van der Waals surface area contributed by atoms with E-state index in [1.54, 1.807) is 13.1 Å². The lowest BCUT2D eigenvalue weighted by Crippen LogP contribution is -2.24. The molecule has 1 aliphatic rings. The lowest BCUT2D eigenvalue weighted by atomic mass is 9.80. The van der Waals surface area contributed by atoms with Crippen molar-refractivity contribution in [2.24, 2.45) is 11.8 Å². The number of hydrogen-bond acceptors (Lipinski definition) is 3. The molecule has 0 aromatic heterocycles. The number of nitrogens with one attached hydrogen (secondary N) is 2. The topological polar surface area (TPSA) is 67.2 Å². The fourth-order valence-electron chi connectivity index (χ4n) is 2.95. The van der Waals surface area contributed by atoms with Gasteiger partial charge in [-0.15, -0.1) is 0 Å². The number of hydrogen-bond donors (Lipinski definition) is 3. The van der Waals surface area contributed by atoms with Crippen LogP contribution >= 0.6 is 0 Å². The Hall–Kier alpha value is -1.71. The highest BCUT2D eigenvalue weighted by molar-refractivity contribution is 5.95. The van der Waals surface area contributed by atoms with Crippen LogP contribution in [-0.4, -0.2) is 19.5 Å². The Morgan fingerprint density at radius 2 is 2.10 bits per heavy atom. The van der Waals surface area contributed by atoms with Gasteiger partial charge in [-0.2, -0.15) is 0 Å². The molecule has 0 spiro atoms. The number of nitrogen functional groups attached to an aromatic ring is 1.